The summed E-state index contributed by atoms with van der Waals surface area (Å²) in [5, 5.41) is 3.42. The molecule has 7 heteroatoms. The maximum atomic E-state index is 12.9. The molecule has 3 heterocycles. The summed E-state index contributed by atoms with van der Waals surface area (Å²) in [6.45, 7) is 1.42. The summed E-state index contributed by atoms with van der Waals surface area (Å²) < 4.78 is 10.5. The molecule has 2 aromatic heterocycles. The number of para-hydroxylation sites is 1. The predicted molar refractivity (Wildman–Crippen MR) is 103 cm³/mol. The third-order valence-electron chi connectivity index (χ3n) is 4.82. The van der Waals surface area contributed by atoms with E-state index >= 15 is 0 Å². The molecule has 0 aliphatic carbocycles. The number of nitrogens with zero attached hydrogens (tertiary/aromatic N) is 2. The van der Waals surface area contributed by atoms with Gasteiger partial charge in [0.05, 0.1) is 23.9 Å². The highest BCUT2D eigenvalue weighted by Crippen LogP contribution is 2.28. The number of fused-ring (bicyclic) bond motifs is 2. The number of amides is 1. The molecule has 0 spiro atoms. The van der Waals surface area contributed by atoms with E-state index in [2.05, 4.69) is 10.2 Å². The van der Waals surface area contributed by atoms with Crippen LogP contribution in [0.4, 0.5) is 0 Å². The van der Waals surface area contributed by atoms with Gasteiger partial charge in [0.25, 0.3) is 5.91 Å². The molecule has 0 saturated heterocycles. The van der Waals surface area contributed by atoms with Gasteiger partial charge < -0.3 is 19.4 Å². The molecule has 0 fully saturated rings. The topological polar surface area (TPSA) is 84.7 Å². The maximum absolute atomic E-state index is 12.9. The molecule has 7 nitrogen and oxygen atoms in total. The average molecular weight is 379 g/mol. The Bertz CT molecular complexity index is 1010. The molecule has 0 saturated carbocycles. The monoisotopic (exact) mass is 379 g/mol. The minimum atomic E-state index is -0.502. The molecule has 3 aromatic rings. The largest absolute Gasteiger partial charge is 0.467 e. The van der Waals surface area contributed by atoms with Gasteiger partial charge in [-0.3, -0.25) is 9.78 Å². The second-order valence-electron chi connectivity index (χ2n) is 6.85. The van der Waals surface area contributed by atoms with Crippen molar-refractivity contribution < 1.29 is 18.7 Å². The van der Waals surface area contributed by atoms with E-state index in [0.717, 1.165) is 35.1 Å². The highest BCUT2D eigenvalue weighted by molar-refractivity contribution is 6.05. The zero-order valence-electron chi connectivity index (χ0n) is 15.6. The first-order valence-corrected chi connectivity index (χ1v) is 9.17. The number of hydrogen-bond acceptors (Lipinski definition) is 6. The fourth-order valence-corrected chi connectivity index (χ4v) is 3.41. The molecule has 0 bridgehead atoms. The van der Waals surface area contributed by atoms with Crippen LogP contribution in [0.3, 0.4) is 0 Å². The summed E-state index contributed by atoms with van der Waals surface area (Å²) in [7, 11) is 2.01. The fourth-order valence-electron chi connectivity index (χ4n) is 3.41. The van der Waals surface area contributed by atoms with Gasteiger partial charge in [-0.1, -0.05) is 18.2 Å². The Morgan fingerprint density at radius 1 is 1.25 bits per heavy atom. The van der Waals surface area contributed by atoms with Crippen molar-refractivity contribution >= 4 is 22.8 Å². The minimum Gasteiger partial charge on any atom is -0.467 e. The molecule has 1 aliphatic heterocycles. The van der Waals surface area contributed by atoms with E-state index in [1.165, 1.54) is 6.26 Å². The van der Waals surface area contributed by atoms with E-state index in [9.17, 15) is 9.59 Å². The number of hydrogen-bond donors (Lipinski definition) is 1. The lowest BCUT2D eigenvalue weighted by molar-refractivity contribution is -0.124. The molecule has 0 atom stereocenters. The van der Waals surface area contributed by atoms with Crippen LogP contribution in [0.15, 0.2) is 47.1 Å². The fraction of sp³-hybridized carbons (Fsp3) is 0.286. The molecular weight excluding hydrogens is 358 g/mol. The molecule has 1 aliphatic rings. The van der Waals surface area contributed by atoms with Crippen molar-refractivity contribution in [3.8, 4) is 0 Å². The number of benzene rings is 1. The van der Waals surface area contributed by atoms with Gasteiger partial charge in [0.2, 0.25) is 0 Å². The first kappa shape index (κ1) is 18.2. The summed E-state index contributed by atoms with van der Waals surface area (Å²) >= 11 is 0. The SMILES string of the molecule is CN1CCc2nc3ccccc3c(C(=O)OCC(=O)NCc3ccco3)c2C1. The molecule has 1 N–H and O–H groups in total. The van der Waals surface area contributed by atoms with Crippen molar-refractivity contribution in [3.63, 3.8) is 0 Å². The van der Waals surface area contributed by atoms with Crippen molar-refractivity contribution in [2.75, 3.05) is 20.2 Å². The Hall–Kier alpha value is -3.19. The third kappa shape index (κ3) is 3.75. The second kappa shape index (κ2) is 7.82. The molecule has 4 rings (SSSR count). The molecule has 0 radical (unpaired) electrons. The molecular formula is C21H21N3O4. The minimum absolute atomic E-state index is 0.252. The Morgan fingerprint density at radius 3 is 2.93 bits per heavy atom. The quantitative estimate of drug-likeness (QED) is 0.685. The molecule has 28 heavy (non-hydrogen) atoms. The Kier molecular flexibility index (Phi) is 5.08. The number of esters is 1. The van der Waals surface area contributed by atoms with Crippen molar-refractivity contribution in [3.05, 3.63) is 65.2 Å². The average Bonchev–Trinajstić information content (AvgIpc) is 3.22. The first-order valence-electron chi connectivity index (χ1n) is 9.17. The normalized spacial score (nSPS) is 13.9. The van der Waals surface area contributed by atoms with Crippen LogP contribution in [-0.2, 0) is 29.0 Å². The second-order valence-corrected chi connectivity index (χ2v) is 6.85. The van der Waals surface area contributed by atoms with Crippen LogP contribution in [0.5, 0.6) is 0 Å². The van der Waals surface area contributed by atoms with Crippen molar-refractivity contribution in [2.24, 2.45) is 0 Å². The maximum Gasteiger partial charge on any atom is 0.339 e. The van der Waals surface area contributed by atoms with Gasteiger partial charge in [0.1, 0.15) is 5.76 Å². The number of ether oxygens (including phenoxy) is 1. The van der Waals surface area contributed by atoms with Crippen molar-refractivity contribution in [1.29, 1.82) is 0 Å². The zero-order valence-corrected chi connectivity index (χ0v) is 15.6. The van der Waals surface area contributed by atoms with Crippen LogP contribution in [0, 0.1) is 0 Å². The Labute approximate surface area is 162 Å². The third-order valence-corrected chi connectivity index (χ3v) is 4.82. The number of rotatable bonds is 5. The molecule has 0 unspecified atom stereocenters. The summed E-state index contributed by atoms with van der Waals surface area (Å²) in [6.07, 6.45) is 2.32. The van der Waals surface area contributed by atoms with Crippen LogP contribution in [0.1, 0.15) is 27.4 Å². The van der Waals surface area contributed by atoms with E-state index in [1.54, 1.807) is 12.1 Å². The summed E-state index contributed by atoms with van der Waals surface area (Å²) in [5.41, 5.74) is 3.07. The van der Waals surface area contributed by atoms with Crippen molar-refractivity contribution in [2.45, 2.75) is 19.5 Å². The highest BCUT2D eigenvalue weighted by atomic mass is 16.5. The lowest BCUT2D eigenvalue weighted by atomic mass is 9.96. The van der Waals surface area contributed by atoms with Crippen LogP contribution >= 0.6 is 0 Å². The van der Waals surface area contributed by atoms with Gasteiger partial charge in [0, 0.05) is 36.2 Å². The number of aromatic nitrogens is 1. The van der Waals surface area contributed by atoms with E-state index in [4.69, 9.17) is 14.1 Å². The van der Waals surface area contributed by atoms with E-state index in [0.29, 0.717) is 17.9 Å². The van der Waals surface area contributed by atoms with Gasteiger partial charge in [-0.05, 0) is 25.2 Å². The van der Waals surface area contributed by atoms with Crippen LogP contribution in [0.2, 0.25) is 0 Å². The smallest absolute Gasteiger partial charge is 0.339 e. The number of pyridine rings is 1. The van der Waals surface area contributed by atoms with Gasteiger partial charge in [-0.25, -0.2) is 4.79 Å². The molecule has 144 valence electrons. The first-order chi connectivity index (χ1) is 13.6. The van der Waals surface area contributed by atoms with Gasteiger partial charge in [-0.2, -0.15) is 0 Å². The Balaban J connectivity index is 1.53. The van der Waals surface area contributed by atoms with E-state index < -0.39 is 5.97 Å². The van der Waals surface area contributed by atoms with Crippen LogP contribution in [-0.4, -0.2) is 42.0 Å². The van der Waals surface area contributed by atoms with Crippen LogP contribution < -0.4 is 5.32 Å². The van der Waals surface area contributed by atoms with Gasteiger partial charge in [-0.15, -0.1) is 0 Å². The zero-order chi connectivity index (χ0) is 19.5. The lowest BCUT2D eigenvalue weighted by Gasteiger charge is -2.26. The van der Waals surface area contributed by atoms with Crippen molar-refractivity contribution in [1.82, 2.24) is 15.2 Å². The standard InChI is InChI=1S/C21H21N3O4/c1-24-9-8-18-16(12-24)20(15-6-2-3-7-17(15)23-18)21(26)28-13-19(25)22-11-14-5-4-10-27-14/h2-7,10H,8-9,11-13H2,1H3,(H,22,25). The summed E-state index contributed by atoms with van der Waals surface area (Å²) in [4.78, 5) is 31.8. The summed E-state index contributed by atoms with van der Waals surface area (Å²) in [6, 6.07) is 11.0. The van der Waals surface area contributed by atoms with E-state index in [1.807, 2.05) is 31.3 Å². The highest BCUT2D eigenvalue weighted by Gasteiger charge is 2.25. The number of nitrogens with one attached hydrogen (secondary N) is 1. The number of carbonyl (C=O) groups is 2. The number of carbonyl (C=O) groups excluding carboxylic acids is 2. The van der Waals surface area contributed by atoms with Crippen LogP contribution in [0.25, 0.3) is 10.9 Å². The lowest BCUT2D eigenvalue weighted by Crippen LogP contribution is -2.31. The predicted octanol–water partition coefficient (Wildman–Crippen LogP) is 2.29. The molecule has 1 amide bonds. The van der Waals surface area contributed by atoms with E-state index in [-0.39, 0.29) is 19.1 Å². The Morgan fingerprint density at radius 2 is 2.11 bits per heavy atom. The number of furan rings is 1. The molecule has 1 aromatic carbocycles. The van der Waals surface area contributed by atoms with Gasteiger partial charge in [0.15, 0.2) is 6.61 Å². The van der Waals surface area contributed by atoms with Gasteiger partial charge >= 0.3 is 5.97 Å². The number of likely N-dealkylation sites (N-methyl/N-ethyl adjacent to an activating group) is 1. The summed E-state index contributed by atoms with van der Waals surface area (Å²) in [5.74, 6) is -0.246.